The van der Waals surface area contributed by atoms with Crippen molar-refractivity contribution in [1.82, 2.24) is 0 Å². The molecule has 0 aromatic heterocycles. The summed E-state index contributed by atoms with van der Waals surface area (Å²) < 4.78 is 0. The van der Waals surface area contributed by atoms with E-state index in [0.717, 1.165) is 35.1 Å². The van der Waals surface area contributed by atoms with Crippen LogP contribution in [0, 0.1) is 0 Å². The lowest BCUT2D eigenvalue weighted by molar-refractivity contribution is -0.241. The second-order valence-corrected chi connectivity index (χ2v) is 7.63. The van der Waals surface area contributed by atoms with Crippen LogP contribution in [0.4, 0.5) is 0 Å². The molecule has 0 spiro atoms. The Labute approximate surface area is 184 Å². The molecule has 0 aliphatic carbocycles. The van der Waals surface area contributed by atoms with Crippen LogP contribution in [0.15, 0.2) is 72.8 Å². The van der Waals surface area contributed by atoms with Gasteiger partial charge in [0.1, 0.15) is 5.75 Å². The van der Waals surface area contributed by atoms with Crippen LogP contribution in [0.5, 0.6) is 5.75 Å². The summed E-state index contributed by atoms with van der Waals surface area (Å²) in [6.45, 7) is 2.60. The van der Waals surface area contributed by atoms with E-state index in [9.17, 15) is 9.90 Å². The molecule has 0 radical (unpaired) electrons. The van der Waals surface area contributed by atoms with Gasteiger partial charge in [-0.1, -0.05) is 87.6 Å². The summed E-state index contributed by atoms with van der Waals surface area (Å²) in [6.07, 6.45) is 6.87. The van der Waals surface area contributed by atoms with E-state index >= 15 is 0 Å². The first-order valence-electron chi connectivity index (χ1n) is 11.0. The van der Waals surface area contributed by atoms with E-state index in [1.807, 2.05) is 54.6 Å². The zero-order chi connectivity index (χ0) is 21.9. The lowest BCUT2D eigenvalue weighted by Crippen LogP contribution is -2.07. The van der Waals surface area contributed by atoms with Gasteiger partial charge in [-0.3, -0.25) is 4.89 Å². The zero-order valence-corrected chi connectivity index (χ0v) is 18.0. The Balaban J connectivity index is 1.69. The number of hydrogen-bond acceptors (Lipinski definition) is 4. The Morgan fingerprint density at radius 3 is 2.19 bits per heavy atom. The third kappa shape index (κ3) is 6.69. The van der Waals surface area contributed by atoms with Crippen LogP contribution in [0.2, 0.25) is 0 Å². The third-order valence-corrected chi connectivity index (χ3v) is 5.23. The number of unbranched alkanes of at least 4 members (excludes halogenated alkanes) is 5. The van der Waals surface area contributed by atoms with Crippen LogP contribution < -0.4 is 0 Å². The fourth-order valence-electron chi connectivity index (χ4n) is 3.51. The van der Waals surface area contributed by atoms with Crippen molar-refractivity contribution in [2.24, 2.45) is 0 Å². The van der Waals surface area contributed by atoms with Gasteiger partial charge in [-0.05, 0) is 52.9 Å². The molecule has 162 valence electrons. The largest absolute Gasteiger partial charge is 0.508 e. The maximum Gasteiger partial charge on any atom is 0.373 e. The predicted octanol–water partition coefficient (Wildman–Crippen LogP) is 7.18. The van der Waals surface area contributed by atoms with Crippen molar-refractivity contribution in [3.8, 4) is 28.0 Å². The summed E-state index contributed by atoms with van der Waals surface area (Å²) in [5, 5.41) is 9.64. The van der Waals surface area contributed by atoms with Crippen LogP contribution in [-0.2, 0) is 9.78 Å². The fourth-order valence-corrected chi connectivity index (χ4v) is 3.51. The maximum atomic E-state index is 12.5. The smallest absolute Gasteiger partial charge is 0.373 e. The minimum atomic E-state index is -0.509. The van der Waals surface area contributed by atoms with Crippen molar-refractivity contribution in [3.63, 3.8) is 0 Å². The molecule has 31 heavy (non-hydrogen) atoms. The average Bonchev–Trinajstić information content (AvgIpc) is 2.81. The van der Waals surface area contributed by atoms with E-state index in [1.54, 1.807) is 18.2 Å². The molecule has 0 amide bonds. The molecule has 0 unspecified atom stereocenters. The number of phenolic OH excluding ortho intramolecular Hbond substituents is 1. The molecule has 0 atom stereocenters. The van der Waals surface area contributed by atoms with Gasteiger partial charge >= 0.3 is 5.97 Å². The lowest BCUT2D eigenvalue weighted by atomic mass is 9.93. The summed E-state index contributed by atoms with van der Waals surface area (Å²) in [6, 6.07) is 22.4. The van der Waals surface area contributed by atoms with Gasteiger partial charge < -0.3 is 5.11 Å². The number of carbonyl (C=O) groups excluding carboxylic acids is 1. The summed E-state index contributed by atoms with van der Waals surface area (Å²) >= 11 is 0. The SMILES string of the molecule is CCCCCCCCOOC(=O)c1ccc(-c2ccccc2)c(-c2ccc(O)cc2)c1. The molecule has 0 fully saturated rings. The Bertz CT molecular complexity index is 949. The van der Waals surface area contributed by atoms with E-state index in [-0.39, 0.29) is 5.75 Å². The van der Waals surface area contributed by atoms with E-state index in [0.29, 0.717) is 12.2 Å². The second kappa shape index (κ2) is 11.9. The van der Waals surface area contributed by atoms with Gasteiger partial charge in [-0.2, -0.15) is 4.89 Å². The predicted molar refractivity (Wildman–Crippen MR) is 124 cm³/mol. The number of hydrogen-bond donors (Lipinski definition) is 1. The minimum Gasteiger partial charge on any atom is -0.508 e. The Kier molecular flexibility index (Phi) is 8.68. The highest BCUT2D eigenvalue weighted by molar-refractivity contribution is 5.94. The highest BCUT2D eigenvalue weighted by Gasteiger charge is 2.14. The molecule has 0 saturated carbocycles. The standard InChI is InChI=1S/C27H30O4/c1-2-3-4-5-6-10-19-30-31-27(29)23-15-18-25(21-11-8-7-9-12-21)26(20-23)22-13-16-24(28)17-14-22/h7-9,11-18,20,28H,2-6,10,19H2,1H3. The van der Waals surface area contributed by atoms with Crippen molar-refractivity contribution >= 4 is 5.97 Å². The monoisotopic (exact) mass is 418 g/mol. The first-order chi connectivity index (χ1) is 15.2. The van der Waals surface area contributed by atoms with Gasteiger partial charge in [0.2, 0.25) is 0 Å². The fraction of sp³-hybridized carbons (Fsp3) is 0.296. The van der Waals surface area contributed by atoms with Crippen molar-refractivity contribution < 1.29 is 19.7 Å². The molecular formula is C27H30O4. The summed E-state index contributed by atoms with van der Waals surface area (Å²) in [4.78, 5) is 22.7. The summed E-state index contributed by atoms with van der Waals surface area (Å²) in [5.41, 5.74) is 4.25. The highest BCUT2D eigenvalue weighted by Crippen LogP contribution is 2.34. The van der Waals surface area contributed by atoms with Crippen LogP contribution >= 0.6 is 0 Å². The molecule has 1 N–H and O–H groups in total. The zero-order valence-electron chi connectivity index (χ0n) is 18.0. The molecule has 3 aromatic carbocycles. The summed E-state index contributed by atoms with van der Waals surface area (Å²) in [7, 11) is 0. The molecule has 3 rings (SSSR count). The van der Waals surface area contributed by atoms with Gasteiger partial charge in [0.05, 0.1) is 12.2 Å². The van der Waals surface area contributed by atoms with Crippen molar-refractivity contribution in [2.75, 3.05) is 6.61 Å². The molecule has 0 bridgehead atoms. The van der Waals surface area contributed by atoms with Crippen LogP contribution in [0.1, 0.15) is 55.8 Å². The number of phenols is 1. The van der Waals surface area contributed by atoms with E-state index in [4.69, 9.17) is 9.78 Å². The number of aromatic hydroxyl groups is 1. The molecule has 0 aliphatic heterocycles. The first-order valence-corrected chi connectivity index (χ1v) is 11.0. The van der Waals surface area contributed by atoms with E-state index in [1.165, 1.54) is 25.7 Å². The number of carbonyl (C=O) groups is 1. The Morgan fingerprint density at radius 1 is 0.774 bits per heavy atom. The quantitative estimate of drug-likeness (QED) is 0.204. The first kappa shape index (κ1) is 22.6. The number of rotatable bonds is 11. The molecule has 0 heterocycles. The lowest BCUT2D eigenvalue weighted by Gasteiger charge is -2.12. The topological polar surface area (TPSA) is 55.8 Å². The highest BCUT2D eigenvalue weighted by atomic mass is 17.2. The maximum absolute atomic E-state index is 12.5. The molecular weight excluding hydrogens is 388 g/mol. The van der Waals surface area contributed by atoms with Gasteiger partial charge in [-0.15, -0.1) is 0 Å². The van der Waals surface area contributed by atoms with E-state index in [2.05, 4.69) is 6.92 Å². The molecule has 4 heteroatoms. The molecule has 4 nitrogen and oxygen atoms in total. The Morgan fingerprint density at radius 2 is 1.45 bits per heavy atom. The van der Waals surface area contributed by atoms with Crippen molar-refractivity contribution in [2.45, 2.75) is 45.4 Å². The second-order valence-electron chi connectivity index (χ2n) is 7.63. The molecule has 3 aromatic rings. The van der Waals surface area contributed by atoms with Gasteiger partial charge in [0.25, 0.3) is 0 Å². The average molecular weight is 419 g/mol. The molecule has 0 aliphatic rings. The third-order valence-electron chi connectivity index (χ3n) is 5.23. The van der Waals surface area contributed by atoms with E-state index < -0.39 is 5.97 Å². The van der Waals surface area contributed by atoms with Crippen molar-refractivity contribution in [3.05, 3.63) is 78.4 Å². The van der Waals surface area contributed by atoms with Crippen LogP contribution in [0.25, 0.3) is 22.3 Å². The van der Waals surface area contributed by atoms with Crippen molar-refractivity contribution in [1.29, 1.82) is 0 Å². The Hall–Kier alpha value is -3.11. The normalized spacial score (nSPS) is 10.7. The van der Waals surface area contributed by atoms with Gasteiger partial charge in [-0.25, -0.2) is 4.79 Å². The minimum absolute atomic E-state index is 0.198. The van der Waals surface area contributed by atoms with Gasteiger partial charge in [0.15, 0.2) is 0 Å². The van der Waals surface area contributed by atoms with Crippen LogP contribution in [0.3, 0.4) is 0 Å². The molecule has 0 saturated heterocycles. The van der Waals surface area contributed by atoms with Crippen LogP contribution in [-0.4, -0.2) is 17.7 Å². The van der Waals surface area contributed by atoms with Gasteiger partial charge in [0, 0.05) is 0 Å². The number of benzene rings is 3. The summed E-state index contributed by atoms with van der Waals surface area (Å²) in [5.74, 6) is -0.311.